The second-order valence-corrected chi connectivity index (χ2v) is 5.66. The predicted octanol–water partition coefficient (Wildman–Crippen LogP) is -0.221. The van der Waals surface area contributed by atoms with Gasteiger partial charge in [-0.25, -0.2) is 0 Å². The summed E-state index contributed by atoms with van der Waals surface area (Å²) in [6.07, 6.45) is 0.358. The number of amides is 3. The van der Waals surface area contributed by atoms with E-state index in [4.69, 9.17) is 5.11 Å². The van der Waals surface area contributed by atoms with Crippen molar-refractivity contribution in [3.8, 4) is 0 Å². The molecule has 0 spiro atoms. The smallest absolute Gasteiger partial charge is 0.303 e. The van der Waals surface area contributed by atoms with Gasteiger partial charge < -0.3 is 21.1 Å². The van der Waals surface area contributed by atoms with Gasteiger partial charge in [-0.05, 0) is 20.3 Å². The number of aliphatic carboxylic acids is 1. The largest absolute Gasteiger partial charge is 0.481 e. The average Bonchev–Trinajstić information content (AvgIpc) is 2.38. The van der Waals surface area contributed by atoms with Crippen molar-refractivity contribution in [2.45, 2.75) is 52.0 Å². The maximum absolute atomic E-state index is 11.7. The molecule has 8 nitrogen and oxygen atoms in total. The van der Waals surface area contributed by atoms with E-state index in [1.165, 1.54) is 6.92 Å². The van der Waals surface area contributed by atoms with Crippen LogP contribution < -0.4 is 16.0 Å². The van der Waals surface area contributed by atoms with E-state index in [2.05, 4.69) is 16.0 Å². The van der Waals surface area contributed by atoms with Crippen LogP contribution in [0.25, 0.3) is 0 Å². The quantitative estimate of drug-likeness (QED) is 0.415. The van der Waals surface area contributed by atoms with E-state index in [0.717, 1.165) is 0 Å². The third-order valence-electron chi connectivity index (χ3n) is 2.84. The molecule has 0 aliphatic heterocycles. The molecule has 3 amide bonds. The molecule has 8 heteroatoms. The van der Waals surface area contributed by atoms with Crippen LogP contribution in [0.4, 0.5) is 0 Å². The van der Waals surface area contributed by atoms with Gasteiger partial charge in [-0.1, -0.05) is 0 Å². The highest BCUT2D eigenvalue weighted by atomic mass is 16.4. The first-order valence-corrected chi connectivity index (χ1v) is 7.16. The molecule has 22 heavy (non-hydrogen) atoms. The van der Waals surface area contributed by atoms with Gasteiger partial charge in [-0.3, -0.25) is 19.2 Å². The number of carbonyl (C=O) groups is 4. The Kier molecular flexibility index (Phi) is 8.81. The lowest BCUT2D eigenvalue weighted by Crippen LogP contribution is -2.44. The van der Waals surface area contributed by atoms with Crippen molar-refractivity contribution in [1.82, 2.24) is 16.0 Å². The standard InChI is InChI=1S/C14H25N3O5/c1-10(18)15-8-9-16-11(19)4-5-12(20)17-14(2,3)7-6-13(21)22/h4-9H2,1-3H3,(H,15,18)(H,16,19)(H,17,20)(H,21,22). The Bertz CT molecular complexity index is 421. The third kappa shape index (κ3) is 11.7. The van der Waals surface area contributed by atoms with E-state index < -0.39 is 11.5 Å². The van der Waals surface area contributed by atoms with Gasteiger partial charge >= 0.3 is 5.97 Å². The maximum atomic E-state index is 11.7. The first kappa shape index (κ1) is 19.9. The first-order chi connectivity index (χ1) is 10.1. The summed E-state index contributed by atoms with van der Waals surface area (Å²) >= 11 is 0. The van der Waals surface area contributed by atoms with Crippen LogP contribution in [0.1, 0.15) is 46.5 Å². The van der Waals surface area contributed by atoms with Crippen molar-refractivity contribution in [2.24, 2.45) is 0 Å². The Hall–Kier alpha value is -2.12. The number of nitrogens with one attached hydrogen (secondary N) is 3. The molecule has 0 saturated carbocycles. The van der Waals surface area contributed by atoms with Gasteiger partial charge in [0.1, 0.15) is 0 Å². The summed E-state index contributed by atoms with van der Waals surface area (Å²) in [6, 6.07) is 0. The van der Waals surface area contributed by atoms with Gasteiger partial charge in [0.15, 0.2) is 0 Å². The Labute approximate surface area is 130 Å². The van der Waals surface area contributed by atoms with Crippen molar-refractivity contribution in [3.63, 3.8) is 0 Å². The number of carboxylic acid groups (broad SMARTS) is 1. The fourth-order valence-corrected chi connectivity index (χ4v) is 1.68. The number of carbonyl (C=O) groups excluding carboxylic acids is 3. The minimum absolute atomic E-state index is 0.0302. The van der Waals surface area contributed by atoms with Gasteiger partial charge in [0.2, 0.25) is 17.7 Å². The minimum atomic E-state index is -0.916. The topological polar surface area (TPSA) is 125 Å². The zero-order valence-corrected chi connectivity index (χ0v) is 13.3. The number of hydrogen-bond donors (Lipinski definition) is 4. The lowest BCUT2D eigenvalue weighted by atomic mass is 9.98. The van der Waals surface area contributed by atoms with Crippen LogP contribution in [-0.2, 0) is 19.2 Å². The molecule has 0 aliphatic rings. The molecule has 126 valence electrons. The molecule has 0 atom stereocenters. The SMILES string of the molecule is CC(=O)NCCNC(=O)CCC(=O)NC(C)(C)CCC(=O)O. The molecule has 0 radical (unpaired) electrons. The van der Waals surface area contributed by atoms with Crippen molar-refractivity contribution in [3.05, 3.63) is 0 Å². The van der Waals surface area contributed by atoms with Gasteiger partial charge in [-0.15, -0.1) is 0 Å². The van der Waals surface area contributed by atoms with Crippen LogP contribution in [0.5, 0.6) is 0 Å². The highest BCUT2D eigenvalue weighted by molar-refractivity contribution is 5.84. The molecule has 0 bridgehead atoms. The lowest BCUT2D eigenvalue weighted by molar-refractivity contribution is -0.137. The van der Waals surface area contributed by atoms with Gasteiger partial charge in [0, 0.05) is 44.8 Å². The van der Waals surface area contributed by atoms with Gasteiger partial charge in [0.25, 0.3) is 0 Å². The molecular weight excluding hydrogens is 290 g/mol. The molecule has 0 aromatic heterocycles. The average molecular weight is 315 g/mol. The number of hydrogen-bond acceptors (Lipinski definition) is 4. The Balaban J connectivity index is 3.89. The zero-order chi connectivity index (χ0) is 17.2. The van der Waals surface area contributed by atoms with Crippen LogP contribution in [0.3, 0.4) is 0 Å². The van der Waals surface area contributed by atoms with Gasteiger partial charge in [-0.2, -0.15) is 0 Å². The van der Waals surface area contributed by atoms with Crippen molar-refractivity contribution >= 4 is 23.7 Å². The van der Waals surface area contributed by atoms with Crippen molar-refractivity contribution in [1.29, 1.82) is 0 Å². The molecule has 0 aromatic carbocycles. The Morgan fingerprint density at radius 2 is 1.45 bits per heavy atom. The highest BCUT2D eigenvalue weighted by Crippen LogP contribution is 2.11. The van der Waals surface area contributed by atoms with Crippen molar-refractivity contribution < 1.29 is 24.3 Å². The summed E-state index contributed by atoms with van der Waals surface area (Å²) in [4.78, 5) is 44.4. The molecule has 4 N–H and O–H groups in total. The van der Waals surface area contributed by atoms with E-state index in [9.17, 15) is 19.2 Å². The van der Waals surface area contributed by atoms with Crippen LogP contribution in [0.2, 0.25) is 0 Å². The van der Waals surface area contributed by atoms with Crippen LogP contribution in [-0.4, -0.2) is 47.4 Å². The summed E-state index contributed by atoms with van der Waals surface area (Å²) in [5, 5.41) is 16.5. The number of carboxylic acids is 1. The molecular formula is C14H25N3O5. The van der Waals surface area contributed by atoms with Crippen LogP contribution in [0.15, 0.2) is 0 Å². The summed E-state index contributed by atoms with van der Waals surface area (Å²) in [6.45, 7) is 5.51. The molecule has 0 heterocycles. The maximum Gasteiger partial charge on any atom is 0.303 e. The third-order valence-corrected chi connectivity index (χ3v) is 2.84. The van der Waals surface area contributed by atoms with Gasteiger partial charge in [0.05, 0.1) is 0 Å². The predicted molar refractivity (Wildman–Crippen MR) is 80.0 cm³/mol. The molecule has 0 aliphatic carbocycles. The molecule has 0 saturated heterocycles. The van der Waals surface area contributed by atoms with Crippen molar-refractivity contribution in [2.75, 3.05) is 13.1 Å². The minimum Gasteiger partial charge on any atom is -0.481 e. The second kappa shape index (κ2) is 9.75. The van der Waals surface area contributed by atoms with E-state index >= 15 is 0 Å². The monoisotopic (exact) mass is 315 g/mol. The summed E-state index contributed by atoms with van der Waals surface area (Å²) in [5.41, 5.74) is -0.628. The van der Waals surface area contributed by atoms with Crippen LogP contribution >= 0.6 is 0 Å². The fourth-order valence-electron chi connectivity index (χ4n) is 1.68. The number of rotatable bonds is 10. The van der Waals surface area contributed by atoms with E-state index in [1.54, 1.807) is 13.8 Å². The lowest BCUT2D eigenvalue weighted by Gasteiger charge is -2.25. The molecule has 0 rings (SSSR count). The normalized spacial score (nSPS) is 10.7. The zero-order valence-electron chi connectivity index (χ0n) is 13.3. The Morgan fingerprint density at radius 1 is 0.909 bits per heavy atom. The molecule has 0 aromatic rings. The Morgan fingerprint density at radius 3 is 2.00 bits per heavy atom. The highest BCUT2D eigenvalue weighted by Gasteiger charge is 2.21. The summed E-state index contributed by atoms with van der Waals surface area (Å²) < 4.78 is 0. The molecule has 0 fully saturated rings. The van der Waals surface area contributed by atoms with E-state index in [-0.39, 0.29) is 37.0 Å². The van der Waals surface area contributed by atoms with E-state index in [1.807, 2.05) is 0 Å². The van der Waals surface area contributed by atoms with Crippen LogP contribution in [0, 0.1) is 0 Å². The summed E-state index contributed by atoms with van der Waals surface area (Å²) in [5.74, 6) is -1.66. The van der Waals surface area contributed by atoms with E-state index in [0.29, 0.717) is 19.5 Å². The fraction of sp³-hybridized carbons (Fsp3) is 0.714. The summed E-state index contributed by atoms with van der Waals surface area (Å²) in [7, 11) is 0. The second-order valence-electron chi connectivity index (χ2n) is 5.66. The molecule has 0 unspecified atom stereocenters. The first-order valence-electron chi connectivity index (χ1n) is 7.16.